The number of nitrogens with zero attached hydrogens (tertiary/aromatic N) is 2. The lowest BCUT2D eigenvalue weighted by Gasteiger charge is -2.21. The summed E-state index contributed by atoms with van der Waals surface area (Å²) in [6.45, 7) is 5.17. The van der Waals surface area contributed by atoms with Gasteiger partial charge in [0.05, 0.1) is 0 Å². The van der Waals surface area contributed by atoms with E-state index >= 15 is 0 Å². The largest absolute Gasteiger partial charge is 0.459 e. The van der Waals surface area contributed by atoms with E-state index in [4.69, 9.17) is 10.00 Å². The molecule has 0 aromatic carbocycles. The van der Waals surface area contributed by atoms with Crippen LogP contribution in [-0.4, -0.2) is 22.8 Å². The van der Waals surface area contributed by atoms with Crippen molar-refractivity contribution in [2.24, 2.45) is 0 Å². The SMILES string of the molecule is CC(C)(C)OC(=O)C(C=O)c1ccnc(C#N)c1. The summed E-state index contributed by atoms with van der Waals surface area (Å²) in [4.78, 5) is 26.6. The molecule has 5 nitrogen and oxygen atoms in total. The third-order valence-electron chi connectivity index (χ3n) is 2.05. The fraction of sp³-hybridized carbons (Fsp3) is 0.385. The fourth-order valence-electron chi connectivity index (χ4n) is 1.34. The van der Waals surface area contributed by atoms with E-state index in [1.165, 1.54) is 18.3 Å². The maximum absolute atomic E-state index is 11.8. The average Bonchev–Trinajstić information content (AvgIpc) is 2.28. The van der Waals surface area contributed by atoms with Gasteiger partial charge in [0.2, 0.25) is 0 Å². The number of esters is 1. The molecule has 1 rings (SSSR count). The monoisotopic (exact) mass is 246 g/mol. The summed E-state index contributed by atoms with van der Waals surface area (Å²) in [6.07, 6.45) is 1.89. The molecule has 1 unspecified atom stereocenters. The lowest BCUT2D eigenvalue weighted by atomic mass is 10.0. The van der Waals surface area contributed by atoms with Crippen molar-refractivity contribution in [1.29, 1.82) is 5.26 Å². The molecule has 1 aromatic heterocycles. The topological polar surface area (TPSA) is 80.1 Å². The summed E-state index contributed by atoms with van der Waals surface area (Å²) in [5.41, 5.74) is -0.0996. The Bertz CT molecular complexity index is 498. The Morgan fingerprint density at radius 2 is 2.22 bits per heavy atom. The first-order chi connectivity index (χ1) is 8.37. The van der Waals surface area contributed by atoms with Crippen LogP contribution in [0.3, 0.4) is 0 Å². The molecule has 0 bridgehead atoms. The summed E-state index contributed by atoms with van der Waals surface area (Å²) < 4.78 is 5.15. The molecule has 0 aliphatic carbocycles. The van der Waals surface area contributed by atoms with Gasteiger partial charge in [-0.25, -0.2) is 4.98 Å². The molecule has 0 N–H and O–H groups in total. The number of pyridine rings is 1. The first-order valence-corrected chi connectivity index (χ1v) is 5.41. The Morgan fingerprint density at radius 1 is 1.56 bits per heavy atom. The minimum Gasteiger partial charge on any atom is -0.459 e. The van der Waals surface area contributed by atoms with E-state index in [0.29, 0.717) is 11.8 Å². The Labute approximate surface area is 105 Å². The van der Waals surface area contributed by atoms with E-state index in [0.717, 1.165) is 0 Å². The van der Waals surface area contributed by atoms with Crippen molar-refractivity contribution in [3.8, 4) is 6.07 Å². The molecule has 18 heavy (non-hydrogen) atoms. The lowest BCUT2D eigenvalue weighted by molar-refractivity contribution is -0.157. The van der Waals surface area contributed by atoms with Crippen molar-refractivity contribution in [3.63, 3.8) is 0 Å². The maximum Gasteiger partial charge on any atom is 0.321 e. The number of carbonyl (C=O) groups is 2. The molecule has 1 atom stereocenters. The van der Waals surface area contributed by atoms with Gasteiger partial charge < -0.3 is 9.53 Å². The smallest absolute Gasteiger partial charge is 0.321 e. The molecule has 1 heterocycles. The quantitative estimate of drug-likeness (QED) is 0.459. The number of carbonyl (C=O) groups excluding carboxylic acids is 2. The highest BCUT2D eigenvalue weighted by Gasteiger charge is 2.26. The normalized spacial score (nSPS) is 12.3. The van der Waals surface area contributed by atoms with Crippen molar-refractivity contribution in [2.45, 2.75) is 32.3 Å². The van der Waals surface area contributed by atoms with Crippen LogP contribution in [0.4, 0.5) is 0 Å². The molecule has 94 valence electrons. The number of hydrogen-bond acceptors (Lipinski definition) is 5. The first-order valence-electron chi connectivity index (χ1n) is 5.41. The number of aromatic nitrogens is 1. The zero-order valence-electron chi connectivity index (χ0n) is 10.5. The van der Waals surface area contributed by atoms with E-state index in [2.05, 4.69) is 4.98 Å². The second kappa shape index (κ2) is 5.41. The Balaban J connectivity index is 2.99. The van der Waals surface area contributed by atoms with Crippen LogP contribution in [0, 0.1) is 11.3 Å². The van der Waals surface area contributed by atoms with Crippen LogP contribution in [0.15, 0.2) is 18.3 Å². The van der Waals surface area contributed by atoms with Gasteiger partial charge in [0.1, 0.15) is 29.6 Å². The van der Waals surface area contributed by atoms with Gasteiger partial charge in [-0.15, -0.1) is 0 Å². The predicted octanol–water partition coefficient (Wildman–Crippen LogP) is 1.58. The van der Waals surface area contributed by atoms with Crippen LogP contribution in [0.25, 0.3) is 0 Å². The van der Waals surface area contributed by atoms with E-state index < -0.39 is 17.5 Å². The maximum atomic E-state index is 11.8. The van der Waals surface area contributed by atoms with Crippen LogP contribution in [0.5, 0.6) is 0 Å². The lowest BCUT2D eigenvalue weighted by Crippen LogP contribution is -2.28. The van der Waals surface area contributed by atoms with E-state index in [9.17, 15) is 9.59 Å². The van der Waals surface area contributed by atoms with Crippen LogP contribution in [0.2, 0.25) is 0 Å². The average molecular weight is 246 g/mol. The number of ether oxygens (including phenoxy) is 1. The van der Waals surface area contributed by atoms with E-state index in [1.54, 1.807) is 20.8 Å². The summed E-state index contributed by atoms with van der Waals surface area (Å²) in [7, 11) is 0. The van der Waals surface area contributed by atoms with Crippen molar-refractivity contribution in [3.05, 3.63) is 29.6 Å². The summed E-state index contributed by atoms with van der Waals surface area (Å²) in [5, 5.41) is 8.72. The van der Waals surface area contributed by atoms with Gasteiger partial charge >= 0.3 is 5.97 Å². The van der Waals surface area contributed by atoms with Crippen molar-refractivity contribution < 1.29 is 14.3 Å². The highest BCUT2D eigenvalue weighted by atomic mass is 16.6. The summed E-state index contributed by atoms with van der Waals surface area (Å²) >= 11 is 0. The van der Waals surface area contributed by atoms with Gasteiger partial charge in [-0.2, -0.15) is 5.26 Å². The van der Waals surface area contributed by atoms with Gasteiger partial charge in [-0.05, 0) is 38.5 Å². The Kier molecular flexibility index (Phi) is 4.16. The molecular formula is C13H14N2O3. The number of aldehydes is 1. The standard InChI is InChI=1S/C13H14N2O3/c1-13(2,3)18-12(17)11(8-16)9-4-5-15-10(6-9)7-14/h4-6,8,11H,1-3H3. The molecule has 0 aliphatic heterocycles. The van der Waals surface area contributed by atoms with Crippen LogP contribution in [0.1, 0.15) is 37.9 Å². The second-order valence-corrected chi connectivity index (χ2v) is 4.73. The van der Waals surface area contributed by atoms with Gasteiger partial charge in [-0.1, -0.05) is 0 Å². The molecule has 0 saturated heterocycles. The van der Waals surface area contributed by atoms with Gasteiger partial charge in [0.15, 0.2) is 0 Å². The third kappa shape index (κ3) is 3.67. The Morgan fingerprint density at radius 3 is 2.72 bits per heavy atom. The third-order valence-corrected chi connectivity index (χ3v) is 2.05. The number of hydrogen-bond donors (Lipinski definition) is 0. The second-order valence-electron chi connectivity index (χ2n) is 4.73. The Hall–Kier alpha value is -2.22. The highest BCUT2D eigenvalue weighted by Crippen LogP contribution is 2.19. The highest BCUT2D eigenvalue weighted by molar-refractivity contribution is 5.94. The van der Waals surface area contributed by atoms with Crippen molar-refractivity contribution in [2.75, 3.05) is 0 Å². The minimum absolute atomic E-state index is 0.155. The molecule has 0 spiro atoms. The van der Waals surface area contributed by atoms with Crippen LogP contribution < -0.4 is 0 Å². The molecule has 0 saturated carbocycles. The van der Waals surface area contributed by atoms with E-state index in [1.807, 2.05) is 6.07 Å². The molecule has 0 aliphatic rings. The fourth-order valence-corrected chi connectivity index (χ4v) is 1.34. The van der Waals surface area contributed by atoms with Gasteiger partial charge in [0, 0.05) is 6.20 Å². The molecular weight excluding hydrogens is 232 g/mol. The molecule has 1 aromatic rings. The van der Waals surface area contributed by atoms with Gasteiger partial charge in [-0.3, -0.25) is 4.79 Å². The summed E-state index contributed by atoms with van der Waals surface area (Å²) in [6, 6.07) is 4.78. The summed E-state index contributed by atoms with van der Waals surface area (Å²) in [5.74, 6) is -1.66. The minimum atomic E-state index is -1.03. The zero-order chi connectivity index (χ0) is 13.8. The van der Waals surface area contributed by atoms with Crippen LogP contribution in [-0.2, 0) is 14.3 Å². The van der Waals surface area contributed by atoms with Crippen molar-refractivity contribution >= 4 is 12.3 Å². The molecule has 0 fully saturated rings. The number of rotatable bonds is 3. The number of nitriles is 1. The van der Waals surface area contributed by atoms with Crippen LogP contribution >= 0.6 is 0 Å². The first kappa shape index (κ1) is 13.8. The molecule has 0 radical (unpaired) electrons. The molecule has 5 heteroatoms. The molecule has 0 amide bonds. The van der Waals surface area contributed by atoms with Crippen molar-refractivity contribution in [1.82, 2.24) is 4.98 Å². The zero-order valence-corrected chi connectivity index (χ0v) is 10.5. The van der Waals surface area contributed by atoms with Gasteiger partial charge in [0.25, 0.3) is 0 Å². The predicted molar refractivity (Wildman–Crippen MR) is 63.6 cm³/mol. The van der Waals surface area contributed by atoms with E-state index in [-0.39, 0.29) is 5.69 Å².